The third-order valence-electron chi connectivity index (χ3n) is 2.11. The minimum Gasteiger partial charge on any atom is -0.383 e. The number of ether oxygens (including phenoxy) is 1. The molecule has 0 bridgehead atoms. The van der Waals surface area contributed by atoms with Crippen LogP contribution < -0.4 is 5.32 Å². The maximum absolute atomic E-state index is 12.8. The largest absolute Gasteiger partial charge is 0.418 e. The van der Waals surface area contributed by atoms with Crippen LogP contribution in [-0.4, -0.2) is 19.8 Å². The molecular weight excluding hydrogens is 299 g/mol. The molecule has 1 atom stereocenters. The molecule has 1 aromatic carbocycles. The summed E-state index contributed by atoms with van der Waals surface area (Å²) < 4.78 is 43.6. The number of rotatable bonds is 4. The van der Waals surface area contributed by atoms with E-state index in [9.17, 15) is 13.2 Å². The lowest BCUT2D eigenvalue weighted by atomic mass is 10.1. The van der Waals surface area contributed by atoms with E-state index in [2.05, 4.69) is 21.2 Å². The SMILES string of the molecule is COCC(C)Nc1ccc(Br)cc1C(F)(F)F. The average molecular weight is 312 g/mol. The Kier molecular flexibility index (Phi) is 4.82. The zero-order valence-electron chi connectivity index (χ0n) is 9.44. The third-order valence-corrected chi connectivity index (χ3v) is 2.60. The highest BCUT2D eigenvalue weighted by Gasteiger charge is 2.33. The van der Waals surface area contributed by atoms with E-state index in [4.69, 9.17) is 4.74 Å². The fourth-order valence-electron chi connectivity index (χ4n) is 1.43. The lowest BCUT2D eigenvalue weighted by Crippen LogP contribution is -2.23. The molecule has 0 amide bonds. The van der Waals surface area contributed by atoms with Gasteiger partial charge in [0.15, 0.2) is 0 Å². The number of halogens is 4. The van der Waals surface area contributed by atoms with Crippen molar-refractivity contribution in [3.63, 3.8) is 0 Å². The quantitative estimate of drug-likeness (QED) is 0.910. The van der Waals surface area contributed by atoms with Crippen molar-refractivity contribution in [3.05, 3.63) is 28.2 Å². The number of alkyl halides is 3. The second-order valence-electron chi connectivity index (χ2n) is 3.69. The van der Waals surface area contributed by atoms with Crippen molar-refractivity contribution in [1.29, 1.82) is 0 Å². The summed E-state index contributed by atoms with van der Waals surface area (Å²) in [5.41, 5.74) is -0.625. The molecule has 0 aliphatic rings. The van der Waals surface area contributed by atoms with Crippen molar-refractivity contribution >= 4 is 21.6 Å². The monoisotopic (exact) mass is 311 g/mol. The molecule has 0 aliphatic heterocycles. The van der Waals surface area contributed by atoms with E-state index in [0.717, 1.165) is 6.07 Å². The molecule has 0 spiro atoms. The van der Waals surface area contributed by atoms with Gasteiger partial charge < -0.3 is 10.1 Å². The number of benzene rings is 1. The molecule has 1 N–H and O–H groups in total. The molecule has 0 fully saturated rings. The minimum absolute atomic E-state index is 0.0604. The van der Waals surface area contributed by atoms with Gasteiger partial charge in [-0.25, -0.2) is 0 Å². The van der Waals surface area contributed by atoms with E-state index in [1.54, 1.807) is 13.0 Å². The maximum Gasteiger partial charge on any atom is 0.418 e. The predicted octanol–water partition coefficient (Wildman–Crippen LogP) is 3.91. The first-order valence-corrected chi connectivity index (χ1v) is 5.76. The smallest absolute Gasteiger partial charge is 0.383 e. The molecular formula is C11H13BrF3NO. The zero-order chi connectivity index (χ0) is 13.1. The minimum atomic E-state index is -4.38. The standard InChI is InChI=1S/C11H13BrF3NO/c1-7(6-17-2)16-10-4-3-8(12)5-9(10)11(13,14)15/h3-5,7,16H,6H2,1-2H3. The molecule has 17 heavy (non-hydrogen) atoms. The average Bonchev–Trinajstić information content (AvgIpc) is 2.19. The van der Waals surface area contributed by atoms with Crippen molar-refractivity contribution in [2.75, 3.05) is 19.0 Å². The Labute approximate surface area is 106 Å². The van der Waals surface area contributed by atoms with Gasteiger partial charge in [0.25, 0.3) is 0 Å². The fraction of sp³-hybridized carbons (Fsp3) is 0.455. The number of anilines is 1. The van der Waals surface area contributed by atoms with E-state index in [0.29, 0.717) is 11.1 Å². The van der Waals surface area contributed by atoms with Gasteiger partial charge in [0.2, 0.25) is 0 Å². The number of hydrogen-bond donors (Lipinski definition) is 1. The molecule has 1 rings (SSSR count). The van der Waals surface area contributed by atoms with Crippen molar-refractivity contribution in [2.24, 2.45) is 0 Å². The molecule has 0 aliphatic carbocycles. The van der Waals surface area contributed by atoms with Crippen LogP contribution in [0.3, 0.4) is 0 Å². The summed E-state index contributed by atoms with van der Waals surface area (Å²) in [5.74, 6) is 0. The van der Waals surface area contributed by atoms with E-state index < -0.39 is 11.7 Å². The molecule has 6 heteroatoms. The molecule has 0 radical (unpaired) electrons. The van der Waals surface area contributed by atoms with Gasteiger partial charge in [-0.3, -0.25) is 0 Å². The second-order valence-corrected chi connectivity index (χ2v) is 4.60. The lowest BCUT2D eigenvalue weighted by molar-refractivity contribution is -0.137. The summed E-state index contributed by atoms with van der Waals surface area (Å²) in [6, 6.07) is 3.83. The molecule has 0 saturated carbocycles. The number of hydrogen-bond acceptors (Lipinski definition) is 2. The van der Waals surface area contributed by atoms with Crippen LogP contribution in [0.1, 0.15) is 12.5 Å². The van der Waals surface area contributed by atoms with Crippen LogP contribution in [0.4, 0.5) is 18.9 Å². The van der Waals surface area contributed by atoms with Crippen LogP contribution >= 0.6 is 15.9 Å². The van der Waals surface area contributed by atoms with E-state index in [1.165, 1.54) is 13.2 Å². The van der Waals surface area contributed by atoms with E-state index in [1.807, 2.05) is 0 Å². The van der Waals surface area contributed by atoms with E-state index >= 15 is 0 Å². The maximum atomic E-state index is 12.8. The molecule has 1 aromatic rings. The Morgan fingerprint density at radius 1 is 1.41 bits per heavy atom. The van der Waals surface area contributed by atoms with Gasteiger partial charge in [-0.2, -0.15) is 13.2 Å². The first-order chi connectivity index (χ1) is 7.84. The lowest BCUT2D eigenvalue weighted by Gasteiger charge is -2.19. The van der Waals surface area contributed by atoms with E-state index in [-0.39, 0.29) is 11.7 Å². The van der Waals surface area contributed by atoms with Crippen molar-refractivity contribution < 1.29 is 17.9 Å². The second kappa shape index (κ2) is 5.73. The molecule has 1 unspecified atom stereocenters. The summed E-state index contributed by atoms with van der Waals surface area (Å²) in [5, 5.41) is 2.78. The Morgan fingerprint density at radius 3 is 2.59 bits per heavy atom. The first kappa shape index (κ1) is 14.3. The molecule has 0 saturated heterocycles. The highest BCUT2D eigenvalue weighted by Crippen LogP contribution is 2.36. The predicted molar refractivity (Wildman–Crippen MR) is 64.1 cm³/mol. The highest BCUT2D eigenvalue weighted by molar-refractivity contribution is 9.10. The number of nitrogens with one attached hydrogen (secondary N) is 1. The summed E-state index contributed by atoms with van der Waals surface area (Å²) >= 11 is 3.03. The van der Waals surface area contributed by atoms with Gasteiger partial charge in [0.05, 0.1) is 12.2 Å². The summed E-state index contributed by atoms with van der Waals surface area (Å²) in [6.07, 6.45) is -4.38. The topological polar surface area (TPSA) is 21.3 Å². The Morgan fingerprint density at radius 2 is 2.06 bits per heavy atom. The van der Waals surface area contributed by atoms with Gasteiger partial charge in [0.1, 0.15) is 0 Å². The van der Waals surface area contributed by atoms with Crippen LogP contribution in [0.2, 0.25) is 0 Å². The normalized spacial score (nSPS) is 13.5. The zero-order valence-corrected chi connectivity index (χ0v) is 11.0. The molecule has 2 nitrogen and oxygen atoms in total. The van der Waals surface area contributed by atoms with Gasteiger partial charge in [-0.1, -0.05) is 15.9 Å². The summed E-state index contributed by atoms with van der Waals surface area (Å²) in [4.78, 5) is 0. The Hall–Kier alpha value is -0.750. The van der Waals surface area contributed by atoms with Crippen molar-refractivity contribution in [2.45, 2.75) is 19.1 Å². The van der Waals surface area contributed by atoms with Crippen LogP contribution in [0.25, 0.3) is 0 Å². The molecule has 0 aromatic heterocycles. The Bertz CT molecular complexity index is 381. The van der Waals surface area contributed by atoms with Crippen LogP contribution in [0, 0.1) is 0 Å². The van der Waals surface area contributed by atoms with Gasteiger partial charge >= 0.3 is 6.18 Å². The summed E-state index contributed by atoms with van der Waals surface area (Å²) in [7, 11) is 1.50. The van der Waals surface area contributed by atoms with Crippen molar-refractivity contribution in [3.8, 4) is 0 Å². The van der Waals surface area contributed by atoms with Crippen molar-refractivity contribution in [1.82, 2.24) is 0 Å². The first-order valence-electron chi connectivity index (χ1n) is 4.97. The van der Waals surface area contributed by atoms with Crippen LogP contribution in [0.5, 0.6) is 0 Å². The van der Waals surface area contributed by atoms with Gasteiger partial charge in [-0.15, -0.1) is 0 Å². The molecule has 96 valence electrons. The van der Waals surface area contributed by atoms with Crippen LogP contribution in [-0.2, 0) is 10.9 Å². The Balaban J connectivity index is 2.99. The third kappa shape index (κ3) is 4.20. The number of methoxy groups -OCH3 is 1. The molecule has 0 heterocycles. The highest BCUT2D eigenvalue weighted by atomic mass is 79.9. The fourth-order valence-corrected chi connectivity index (χ4v) is 1.80. The summed E-state index contributed by atoms with van der Waals surface area (Å²) in [6.45, 7) is 2.10. The van der Waals surface area contributed by atoms with Gasteiger partial charge in [0, 0.05) is 23.3 Å². The van der Waals surface area contributed by atoms with Crippen LogP contribution in [0.15, 0.2) is 22.7 Å². The van der Waals surface area contributed by atoms with Gasteiger partial charge in [-0.05, 0) is 25.1 Å².